The summed E-state index contributed by atoms with van der Waals surface area (Å²) in [5.74, 6) is 1.16. The van der Waals surface area contributed by atoms with Crippen molar-refractivity contribution in [2.24, 2.45) is 0 Å². The lowest BCUT2D eigenvalue weighted by Gasteiger charge is -2.32. The van der Waals surface area contributed by atoms with Gasteiger partial charge in [0.15, 0.2) is 6.39 Å². The van der Waals surface area contributed by atoms with Crippen molar-refractivity contribution in [2.45, 2.75) is 25.9 Å². The van der Waals surface area contributed by atoms with Crippen molar-refractivity contribution < 1.29 is 13.9 Å². The van der Waals surface area contributed by atoms with Gasteiger partial charge in [-0.05, 0) is 37.5 Å². The van der Waals surface area contributed by atoms with E-state index < -0.39 is 0 Å². The van der Waals surface area contributed by atoms with Crippen molar-refractivity contribution in [1.29, 1.82) is 0 Å². The van der Waals surface area contributed by atoms with Crippen LogP contribution in [0.4, 0.5) is 5.82 Å². The third kappa shape index (κ3) is 4.17. The van der Waals surface area contributed by atoms with Gasteiger partial charge in [-0.15, -0.1) is 0 Å². The van der Waals surface area contributed by atoms with Crippen LogP contribution in [0.3, 0.4) is 0 Å². The van der Waals surface area contributed by atoms with Crippen LogP contribution in [0.15, 0.2) is 29.1 Å². The Kier molecular flexibility index (Phi) is 5.33. The van der Waals surface area contributed by atoms with Gasteiger partial charge >= 0.3 is 0 Å². The quantitative estimate of drug-likeness (QED) is 0.825. The number of morpholine rings is 1. The van der Waals surface area contributed by atoms with E-state index in [9.17, 15) is 4.79 Å². The largest absolute Gasteiger partial charge is 0.438 e. The zero-order valence-electron chi connectivity index (χ0n) is 14.9. The van der Waals surface area contributed by atoms with Crippen molar-refractivity contribution in [3.63, 3.8) is 0 Å². The molecule has 0 bridgehead atoms. The summed E-state index contributed by atoms with van der Waals surface area (Å²) in [5.41, 5.74) is 1.85. The van der Waals surface area contributed by atoms with Crippen LogP contribution in [-0.2, 0) is 11.2 Å². The maximum absolute atomic E-state index is 12.5. The van der Waals surface area contributed by atoms with Gasteiger partial charge in [-0.25, -0.2) is 9.97 Å². The highest BCUT2D eigenvalue weighted by Crippen LogP contribution is 2.17. The number of pyridine rings is 1. The number of aryl methyl sites for hydroxylation is 2. The Balaban J connectivity index is 1.58. The van der Waals surface area contributed by atoms with Crippen molar-refractivity contribution in [2.75, 3.05) is 38.7 Å². The monoisotopic (exact) mass is 344 g/mol. The summed E-state index contributed by atoms with van der Waals surface area (Å²) >= 11 is 0. The average molecular weight is 344 g/mol. The van der Waals surface area contributed by atoms with Crippen molar-refractivity contribution in [3.8, 4) is 0 Å². The van der Waals surface area contributed by atoms with E-state index >= 15 is 0 Å². The van der Waals surface area contributed by atoms with Gasteiger partial charge in [0.2, 0.25) is 5.76 Å². The maximum Gasteiger partial charge on any atom is 0.291 e. The molecule has 0 saturated carbocycles. The lowest BCUT2D eigenvalue weighted by molar-refractivity contribution is -0.0255. The molecule has 2 aromatic heterocycles. The summed E-state index contributed by atoms with van der Waals surface area (Å²) in [6.45, 7) is 3.48. The minimum Gasteiger partial charge on any atom is -0.438 e. The highest BCUT2D eigenvalue weighted by atomic mass is 16.5. The average Bonchev–Trinajstić information content (AvgIpc) is 3.06. The Morgan fingerprint density at radius 1 is 1.40 bits per heavy atom. The molecule has 7 nitrogen and oxygen atoms in total. The molecule has 1 fully saturated rings. The van der Waals surface area contributed by atoms with E-state index in [-0.39, 0.29) is 12.0 Å². The first-order valence-electron chi connectivity index (χ1n) is 8.48. The molecule has 0 unspecified atom stereocenters. The minimum absolute atomic E-state index is 0.0249. The number of carbonyl (C=O) groups excluding carboxylic acids is 1. The molecule has 0 aromatic carbocycles. The van der Waals surface area contributed by atoms with Crippen LogP contribution in [0.2, 0.25) is 0 Å². The van der Waals surface area contributed by atoms with E-state index in [1.165, 1.54) is 12.0 Å². The van der Waals surface area contributed by atoms with E-state index in [1.54, 1.807) is 11.8 Å². The molecule has 0 N–H and O–H groups in total. The Morgan fingerprint density at radius 3 is 2.96 bits per heavy atom. The Bertz CT molecular complexity index is 729. The van der Waals surface area contributed by atoms with E-state index in [2.05, 4.69) is 16.0 Å². The van der Waals surface area contributed by atoms with Gasteiger partial charge in [-0.1, -0.05) is 0 Å². The summed E-state index contributed by atoms with van der Waals surface area (Å²) in [6, 6.07) is 4.11. The smallest absolute Gasteiger partial charge is 0.291 e. The van der Waals surface area contributed by atoms with Gasteiger partial charge < -0.3 is 19.0 Å². The van der Waals surface area contributed by atoms with Crippen LogP contribution in [0.25, 0.3) is 0 Å². The van der Waals surface area contributed by atoms with Gasteiger partial charge in [0.05, 0.1) is 18.4 Å². The zero-order valence-corrected chi connectivity index (χ0v) is 14.9. The van der Waals surface area contributed by atoms with E-state index in [4.69, 9.17) is 9.15 Å². The Labute approximate surface area is 147 Å². The molecule has 3 rings (SSSR count). The molecular weight excluding hydrogens is 320 g/mol. The first kappa shape index (κ1) is 17.4. The summed E-state index contributed by atoms with van der Waals surface area (Å²) < 4.78 is 11.1. The summed E-state index contributed by atoms with van der Waals surface area (Å²) in [6.07, 6.45) is 4.91. The molecule has 1 saturated heterocycles. The predicted molar refractivity (Wildman–Crippen MR) is 93.8 cm³/mol. The molecule has 0 spiro atoms. The van der Waals surface area contributed by atoms with Crippen LogP contribution >= 0.6 is 0 Å². The van der Waals surface area contributed by atoms with Crippen LogP contribution in [-0.4, -0.2) is 60.7 Å². The van der Waals surface area contributed by atoms with E-state index in [0.29, 0.717) is 31.2 Å². The molecule has 1 amide bonds. The standard InChI is InChI=1S/C18H24N4O3/c1-13-17(25-12-20-13)18(23)22-8-9-24-15(11-22)5-4-14-6-7-19-16(10-14)21(2)3/h6-7,10,12,15H,4-5,8-9,11H2,1-3H3/t15-/m1/s1. The fourth-order valence-corrected chi connectivity index (χ4v) is 2.92. The number of nitrogens with zero attached hydrogens (tertiary/aromatic N) is 4. The van der Waals surface area contributed by atoms with Crippen LogP contribution in [0.1, 0.15) is 28.2 Å². The highest BCUT2D eigenvalue weighted by molar-refractivity contribution is 5.92. The second kappa shape index (κ2) is 7.65. The summed E-state index contributed by atoms with van der Waals surface area (Å²) in [7, 11) is 3.96. The molecule has 1 aliphatic heterocycles. The number of carbonyl (C=O) groups is 1. The second-order valence-electron chi connectivity index (χ2n) is 6.47. The Hall–Kier alpha value is -2.41. The predicted octanol–water partition coefficient (Wildman–Crippen LogP) is 1.92. The van der Waals surface area contributed by atoms with Crippen LogP contribution in [0, 0.1) is 6.92 Å². The van der Waals surface area contributed by atoms with Gasteiger partial charge in [0.25, 0.3) is 5.91 Å². The van der Waals surface area contributed by atoms with Crippen LogP contribution < -0.4 is 4.90 Å². The molecule has 0 aliphatic carbocycles. The highest BCUT2D eigenvalue weighted by Gasteiger charge is 2.27. The molecule has 134 valence electrons. The summed E-state index contributed by atoms with van der Waals surface area (Å²) in [5, 5.41) is 0. The fraction of sp³-hybridized carbons (Fsp3) is 0.500. The molecule has 0 radical (unpaired) electrons. The number of hydrogen-bond donors (Lipinski definition) is 0. The van der Waals surface area contributed by atoms with Crippen LogP contribution in [0.5, 0.6) is 0 Å². The van der Waals surface area contributed by atoms with Gasteiger partial charge in [0.1, 0.15) is 5.82 Å². The number of aromatic nitrogens is 2. The zero-order chi connectivity index (χ0) is 17.8. The number of oxazole rings is 1. The maximum atomic E-state index is 12.5. The first-order valence-corrected chi connectivity index (χ1v) is 8.48. The molecule has 25 heavy (non-hydrogen) atoms. The van der Waals surface area contributed by atoms with Gasteiger partial charge in [-0.3, -0.25) is 4.79 Å². The number of hydrogen-bond acceptors (Lipinski definition) is 6. The number of amides is 1. The minimum atomic E-state index is -0.109. The molecule has 3 heterocycles. The number of anilines is 1. The fourth-order valence-electron chi connectivity index (χ4n) is 2.92. The third-order valence-electron chi connectivity index (χ3n) is 4.39. The molecule has 7 heteroatoms. The van der Waals surface area contributed by atoms with Gasteiger partial charge in [0, 0.05) is 33.4 Å². The third-order valence-corrected chi connectivity index (χ3v) is 4.39. The Morgan fingerprint density at radius 2 is 2.24 bits per heavy atom. The molecule has 2 aromatic rings. The molecular formula is C18H24N4O3. The lowest BCUT2D eigenvalue weighted by Crippen LogP contribution is -2.45. The van der Waals surface area contributed by atoms with Crippen molar-refractivity contribution >= 4 is 11.7 Å². The lowest BCUT2D eigenvalue weighted by atomic mass is 10.1. The van der Waals surface area contributed by atoms with E-state index in [0.717, 1.165) is 18.7 Å². The van der Waals surface area contributed by atoms with Gasteiger partial charge in [-0.2, -0.15) is 0 Å². The number of ether oxygens (including phenoxy) is 1. The second-order valence-corrected chi connectivity index (χ2v) is 6.47. The molecule has 1 atom stereocenters. The number of rotatable bonds is 5. The van der Waals surface area contributed by atoms with Crippen molar-refractivity contribution in [1.82, 2.24) is 14.9 Å². The van der Waals surface area contributed by atoms with Crippen molar-refractivity contribution in [3.05, 3.63) is 41.7 Å². The summed E-state index contributed by atoms with van der Waals surface area (Å²) in [4.78, 5) is 24.6. The van der Waals surface area contributed by atoms with E-state index in [1.807, 2.05) is 31.3 Å². The topological polar surface area (TPSA) is 71.7 Å². The normalized spacial score (nSPS) is 17.6. The SMILES string of the molecule is Cc1ncoc1C(=O)N1CCO[C@H](CCc2ccnc(N(C)C)c2)C1. The molecule has 1 aliphatic rings. The first-order chi connectivity index (χ1) is 12.0.